The SMILES string of the molecule is CC(NC(=O)c1cccc(S(=O)(=O)NC2CC2)c1)c1ccc(OC(F)(F)F)cc1. The zero-order chi connectivity index (χ0) is 21.2. The molecule has 29 heavy (non-hydrogen) atoms. The van der Waals surface area contributed by atoms with Crippen LogP contribution in [0.1, 0.15) is 41.7 Å². The fraction of sp³-hybridized carbons (Fsp3) is 0.316. The number of halogens is 3. The Morgan fingerprint density at radius 2 is 1.79 bits per heavy atom. The van der Waals surface area contributed by atoms with Crippen LogP contribution in [0.3, 0.4) is 0 Å². The topological polar surface area (TPSA) is 84.5 Å². The van der Waals surface area contributed by atoms with Crippen LogP contribution in [0, 0.1) is 0 Å². The summed E-state index contributed by atoms with van der Waals surface area (Å²) in [7, 11) is -3.69. The maximum Gasteiger partial charge on any atom is 0.573 e. The molecule has 10 heteroatoms. The molecule has 0 bridgehead atoms. The lowest BCUT2D eigenvalue weighted by atomic mass is 10.1. The molecule has 156 valence electrons. The summed E-state index contributed by atoms with van der Waals surface area (Å²) in [5.74, 6) is -0.863. The predicted molar refractivity (Wildman–Crippen MR) is 98.8 cm³/mol. The second-order valence-electron chi connectivity index (χ2n) is 6.74. The van der Waals surface area contributed by atoms with Crippen LogP contribution >= 0.6 is 0 Å². The molecule has 6 nitrogen and oxygen atoms in total. The minimum atomic E-state index is -4.78. The Hall–Kier alpha value is -2.59. The number of hydrogen-bond donors (Lipinski definition) is 2. The van der Waals surface area contributed by atoms with E-state index in [9.17, 15) is 26.4 Å². The van der Waals surface area contributed by atoms with Gasteiger partial charge in [-0.15, -0.1) is 13.2 Å². The average molecular weight is 428 g/mol. The Bertz CT molecular complexity index is 987. The molecule has 0 spiro atoms. The van der Waals surface area contributed by atoms with Crippen molar-refractivity contribution in [1.82, 2.24) is 10.0 Å². The largest absolute Gasteiger partial charge is 0.573 e. The molecular weight excluding hydrogens is 409 g/mol. The van der Waals surface area contributed by atoms with E-state index in [-0.39, 0.29) is 22.3 Å². The molecule has 1 fully saturated rings. The van der Waals surface area contributed by atoms with Crippen molar-refractivity contribution in [2.24, 2.45) is 0 Å². The van der Waals surface area contributed by atoms with Crippen molar-refractivity contribution in [1.29, 1.82) is 0 Å². The van der Waals surface area contributed by atoms with Crippen molar-refractivity contribution >= 4 is 15.9 Å². The Balaban J connectivity index is 1.67. The predicted octanol–water partition coefficient (Wildman–Crippen LogP) is 3.52. The van der Waals surface area contributed by atoms with Crippen LogP contribution < -0.4 is 14.8 Å². The summed E-state index contributed by atoms with van der Waals surface area (Å²) in [4.78, 5) is 12.5. The van der Waals surface area contributed by atoms with Crippen LogP contribution in [0.15, 0.2) is 53.4 Å². The molecule has 1 aliphatic carbocycles. The first-order chi connectivity index (χ1) is 13.5. The lowest BCUT2D eigenvalue weighted by molar-refractivity contribution is -0.274. The Labute approximate surface area is 166 Å². The van der Waals surface area contributed by atoms with Crippen molar-refractivity contribution in [3.05, 3.63) is 59.7 Å². The lowest BCUT2D eigenvalue weighted by Crippen LogP contribution is -2.28. The van der Waals surface area contributed by atoms with Gasteiger partial charge in [0.2, 0.25) is 10.0 Å². The standard InChI is InChI=1S/C19H19F3N2O4S/c1-12(13-5-9-16(10-6-13)28-19(20,21)22)23-18(25)14-3-2-4-17(11-14)29(26,27)24-15-7-8-15/h2-6,9-12,15,24H,7-8H2,1H3,(H,23,25). The van der Waals surface area contributed by atoms with Gasteiger partial charge in [-0.25, -0.2) is 13.1 Å². The molecule has 0 aromatic heterocycles. The molecule has 1 unspecified atom stereocenters. The molecule has 1 aliphatic rings. The summed E-state index contributed by atoms with van der Waals surface area (Å²) in [6, 6.07) is 10.2. The van der Waals surface area contributed by atoms with E-state index in [1.807, 2.05) is 0 Å². The molecule has 0 aliphatic heterocycles. The van der Waals surface area contributed by atoms with Gasteiger partial charge in [-0.3, -0.25) is 4.79 Å². The number of alkyl halides is 3. The zero-order valence-corrected chi connectivity index (χ0v) is 16.2. The van der Waals surface area contributed by atoms with Crippen molar-refractivity contribution in [3.8, 4) is 5.75 Å². The Morgan fingerprint density at radius 1 is 1.14 bits per heavy atom. The van der Waals surface area contributed by atoms with Gasteiger partial charge in [-0.2, -0.15) is 0 Å². The maximum atomic E-state index is 12.5. The van der Waals surface area contributed by atoms with E-state index in [4.69, 9.17) is 0 Å². The number of benzene rings is 2. The summed E-state index contributed by atoms with van der Waals surface area (Å²) in [5, 5.41) is 2.69. The van der Waals surface area contributed by atoms with E-state index >= 15 is 0 Å². The summed E-state index contributed by atoms with van der Waals surface area (Å²) in [5.41, 5.74) is 0.722. The number of nitrogens with one attached hydrogen (secondary N) is 2. The molecular formula is C19H19F3N2O4S. The second-order valence-corrected chi connectivity index (χ2v) is 8.45. The van der Waals surface area contributed by atoms with Crippen LogP contribution in [-0.4, -0.2) is 26.7 Å². The summed E-state index contributed by atoms with van der Waals surface area (Å²) < 4.78 is 67.6. The molecule has 2 aromatic rings. The van der Waals surface area contributed by atoms with Crippen molar-refractivity contribution in [2.45, 2.75) is 43.1 Å². The van der Waals surface area contributed by atoms with Gasteiger partial charge in [0.05, 0.1) is 10.9 Å². The lowest BCUT2D eigenvalue weighted by Gasteiger charge is -2.16. The molecule has 1 saturated carbocycles. The average Bonchev–Trinajstić information content (AvgIpc) is 3.44. The van der Waals surface area contributed by atoms with Gasteiger partial charge in [-0.05, 0) is 55.7 Å². The molecule has 2 N–H and O–H groups in total. The van der Waals surface area contributed by atoms with Gasteiger partial charge in [0.25, 0.3) is 5.91 Å². The van der Waals surface area contributed by atoms with Crippen LogP contribution in [0.25, 0.3) is 0 Å². The van der Waals surface area contributed by atoms with E-state index in [0.717, 1.165) is 25.0 Å². The number of rotatable bonds is 7. The highest BCUT2D eigenvalue weighted by Crippen LogP contribution is 2.25. The summed E-state index contributed by atoms with van der Waals surface area (Å²) in [6.07, 6.45) is -3.19. The normalized spacial score (nSPS) is 15.6. The fourth-order valence-corrected chi connectivity index (χ4v) is 3.97. The first-order valence-corrected chi connectivity index (χ1v) is 10.3. The van der Waals surface area contributed by atoms with E-state index in [2.05, 4.69) is 14.8 Å². The monoisotopic (exact) mass is 428 g/mol. The third kappa shape index (κ3) is 5.94. The van der Waals surface area contributed by atoms with Gasteiger partial charge in [0.1, 0.15) is 5.75 Å². The van der Waals surface area contributed by atoms with E-state index < -0.39 is 28.3 Å². The van der Waals surface area contributed by atoms with Crippen LogP contribution in [0.5, 0.6) is 5.75 Å². The molecule has 0 radical (unpaired) electrons. The highest BCUT2D eigenvalue weighted by Gasteiger charge is 2.31. The molecule has 0 saturated heterocycles. The minimum absolute atomic E-state index is 0.00152. The quantitative estimate of drug-likeness (QED) is 0.707. The van der Waals surface area contributed by atoms with Gasteiger partial charge in [0.15, 0.2) is 0 Å². The highest BCUT2D eigenvalue weighted by molar-refractivity contribution is 7.89. The van der Waals surface area contributed by atoms with Crippen molar-refractivity contribution in [2.75, 3.05) is 0 Å². The number of carbonyl (C=O) groups excluding carboxylic acids is 1. The molecule has 1 atom stereocenters. The van der Waals surface area contributed by atoms with Gasteiger partial charge in [-0.1, -0.05) is 18.2 Å². The molecule has 1 amide bonds. The van der Waals surface area contributed by atoms with Gasteiger partial charge >= 0.3 is 6.36 Å². The van der Waals surface area contributed by atoms with Crippen molar-refractivity contribution < 1.29 is 31.1 Å². The smallest absolute Gasteiger partial charge is 0.406 e. The molecule has 0 heterocycles. The second kappa shape index (κ2) is 8.03. The molecule has 2 aromatic carbocycles. The highest BCUT2D eigenvalue weighted by atomic mass is 32.2. The third-order valence-electron chi connectivity index (χ3n) is 4.27. The van der Waals surface area contributed by atoms with E-state index in [0.29, 0.717) is 5.56 Å². The van der Waals surface area contributed by atoms with Crippen LogP contribution in [-0.2, 0) is 10.0 Å². The first kappa shape index (κ1) is 21.1. The van der Waals surface area contributed by atoms with Gasteiger partial charge < -0.3 is 10.1 Å². The van der Waals surface area contributed by atoms with E-state index in [1.165, 1.54) is 36.4 Å². The number of sulfonamides is 1. The number of ether oxygens (including phenoxy) is 1. The fourth-order valence-electron chi connectivity index (χ4n) is 2.61. The van der Waals surface area contributed by atoms with E-state index in [1.54, 1.807) is 6.92 Å². The summed E-state index contributed by atoms with van der Waals surface area (Å²) in [6.45, 7) is 1.66. The Morgan fingerprint density at radius 3 is 2.38 bits per heavy atom. The molecule has 3 rings (SSSR count). The zero-order valence-electron chi connectivity index (χ0n) is 15.4. The minimum Gasteiger partial charge on any atom is -0.406 e. The summed E-state index contributed by atoms with van der Waals surface area (Å²) >= 11 is 0. The first-order valence-electron chi connectivity index (χ1n) is 8.82. The van der Waals surface area contributed by atoms with Crippen LogP contribution in [0.2, 0.25) is 0 Å². The number of carbonyl (C=O) groups is 1. The number of hydrogen-bond acceptors (Lipinski definition) is 4. The van der Waals surface area contributed by atoms with Gasteiger partial charge in [0, 0.05) is 11.6 Å². The maximum absolute atomic E-state index is 12.5. The third-order valence-corrected chi connectivity index (χ3v) is 5.79. The van der Waals surface area contributed by atoms with Crippen molar-refractivity contribution in [3.63, 3.8) is 0 Å². The number of amides is 1. The Kier molecular flexibility index (Phi) is 5.85. The van der Waals surface area contributed by atoms with Crippen LogP contribution in [0.4, 0.5) is 13.2 Å².